The Kier molecular flexibility index (Phi) is 8.05. The van der Waals surface area contributed by atoms with Gasteiger partial charge >= 0.3 is 26.2 Å². The van der Waals surface area contributed by atoms with Crippen LogP contribution in [0.3, 0.4) is 0 Å². The third-order valence-electron chi connectivity index (χ3n) is 3.04. The summed E-state index contributed by atoms with van der Waals surface area (Å²) in [5, 5.41) is 0. The summed E-state index contributed by atoms with van der Waals surface area (Å²) in [6, 6.07) is 0. The minimum absolute atomic E-state index is 0. The second-order valence-electron chi connectivity index (χ2n) is 4.50. The summed E-state index contributed by atoms with van der Waals surface area (Å²) in [5.74, 6) is 0.384. The molecule has 1 rings (SSSR count). The van der Waals surface area contributed by atoms with E-state index in [1.807, 2.05) is 0 Å². The van der Waals surface area contributed by atoms with Crippen molar-refractivity contribution in [2.24, 2.45) is 11.3 Å². The first-order valence-corrected chi connectivity index (χ1v) is 5.58. The van der Waals surface area contributed by atoms with Gasteiger partial charge in [-0.25, -0.2) is 0 Å². The van der Waals surface area contributed by atoms with Crippen LogP contribution in [0.4, 0.5) is 0 Å². The van der Waals surface area contributed by atoms with Gasteiger partial charge in [0, 0.05) is 19.6 Å². The molecule has 1 unspecified atom stereocenters. The Hall–Kier alpha value is 0.543. The average Bonchev–Trinajstić information content (AvgIpc) is 2.45. The Morgan fingerprint density at radius 2 is 1.94 bits per heavy atom. The summed E-state index contributed by atoms with van der Waals surface area (Å²) in [7, 11) is 3.50. The largest absolute Gasteiger partial charge is 2.00 e. The zero-order valence-corrected chi connectivity index (χ0v) is 13.1. The van der Waals surface area contributed by atoms with Crippen LogP contribution in [0.25, 0.3) is 0 Å². The molecular formula is C13H22O2Zr. The van der Waals surface area contributed by atoms with Gasteiger partial charge in [0.05, 0.1) is 13.2 Å². The molecule has 1 aliphatic rings. The van der Waals surface area contributed by atoms with Crippen molar-refractivity contribution in [1.29, 1.82) is 0 Å². The maximum Gasteiger partial charge on any atom is 2.00 e. The van der Waals surface area contributed by atoms with Crippen molar-refractivity contribution in [1.82, 2.24) is 0 Å². The topological polar surface area (TPSA) is 18.5 Å². The molecule has 0 bridgehead atoms. The fourth-order valence-electron chi connectivity index (χ4n) is 2.57. The monoisotopic (exact) mass is 300 g/mol. The Morgan fingerprint density at radius 1 is 1.38 bits per heavy atom. The molecule has 0 aliphatic heterocycles. The van der Waals surface area contributed by atoms with E-state index < -0.39 is 0 Å². The van der Waals surface area contributed by atoms with E-state index in [1.54, 1.807) is 14.2 Å². The minimum Gasteiger partial charge on any atom is -0.500 e. The van der Waals surface area contributed by atoms with Gasteiger partial charge in [-0.05, 0) is 0 Å². The molecule has 0 amide bonds. The van der Waals surface area contributed by atoms with E-state index >= 15 is 0 Å². The van der Waals surface area contributed by atoms with Gasteiger partial charge in [0.25, 0.3) is 0 Å². The van der Waals surface area contributed by atoms with E-state index in [2.05, 4.69) is 19.9 Å². The van der Waals surface area contributed by atoms with Crippen LogP contribution in [0.15, 0.2) is 5.57 Å². The smallest absolute Gasteiger partial charge is 0.500 e. The first kappa shape index (κ1) is 16.5. The summed E-state index contributed by atoms with van der Waals surface area (Å²) in [6.45, 7) is 7.81. The predicted molar refractivity (Wildman–Crippen MR) is 61.3 cm³/mol. The van der Waals surface area contributed by atoms with Crippen LogP contribution < -0.4 is 0 Å². The predicted octanol–water partition coefficient (Wildman–Crippen LogP) is 2.65. The second-order valence-corrected chi connectivity index (χ2v) is 4.50. The van der Waals surface area contributed by atoms with Crippen LogP contribution in [-0.2, 0) is 35.7 Å². The van der Waals surface area contributed by atoms with Crippen LogP contribution in [-0.4, -0.2) is 27.4 Å². The standard InChI is InChI=1S/C13H22O2.Zr/c1-5-6-12-8-13(9-14-3,10-15-4)7-11(12)2;/h11H,2,5,7-10H2,1,3-4H3;/q-2;+2. The van der Waals surface area contributed by atoms with Crippen molar-refractivity contribution >= 4 is 0 Å². The summed E-state index contributed by atoms with van der Waals surface area (Å²) < 4.78 is 10.6. The van der Waals surface area contributed by atoms with Gasteiger partial charge in [-0.2, -0.15) is 12.3 Å². The molecule has 0 aromatic rings. The van der Waals surface area contributed by atoms with Gasteiger partial charge in [0.15, 0.2) is 0 Å². The maximum atomic E-state index is 5.31. The Balaban J connectivity index is 0.00000225. The molecule has 0 saturated heterocycles. The maximum absolute atomic E-state index is 5.31. The van der Waals surface area contributed by atoms with E-state index in [0.717, 1.165) is 32.5 Å². The number of methoxy groups -OCH3 is 2. The number of hydrogen-bond donors (Lipinski definition) is 0. The van der Waals surface area contributed by atoms with Crippen molar-refractivity contribution in [3.05, 3.63) is 18.6 Å². The molecule has 3 heteroatoms. The molecule has 0 N–H and O–H groups in total. The molecule has 0 aromatic carbocycles. The molecule has 0 spiro atoms. The number of hydrogen-bond acceptors (Lipinski definition) is 2. The zero-order chi connectivity index (χ0) is 11.3. The molecule has 0 heterocycles. The minimum atomic E-state index is 0. The SMILES string of the molecule is [CH2-]C1CC(COC)(COC)CC1=[C-]CC.[Zr+2]. The summed E-state index contributed by atoms with van der Waals surface area (Å²) in [6.07, 6.45) is 6.46. The fourth-order valence-corrected chi connectivity index (χ4v) is 2.57. The van der Waals surface area contributed by atoms with E-state index in [4.69, 9.17) is 9.47 Å². The van der Waals surface area contributed by atoms with Crippen molar-refractivity contribution in [3.63, 3.8) is 0 Å². The molecule has 1 aliphatic carbocycles. The fraction of sp³-hybridized carbons (Fsp3) is 0.769. The summed E-state index contributed by atoms with van der Waals surface area (Å²) in [4.78, 5) is 0. The van der Waals surface area contributed by atoms with Crippen LogP contribution in [0, 0.1) is 24.3 Å². The summed E-state index contributed by atoms with van der Waals surface area (Å²) >= 11 is 0. The molecule has 1 atom stereocenters. The quantitative estimate of drug-likeness (QED) is 0.727. The van der Waals surface area contributed by atoms with Gasteiger partial charge in [-0.1, -0.05) is 19.8 Å². The van der Waals surface area contributed by atoms with Crippen LogP contribution in [0.5, 0.6) is 0 Å². The third kappa shape index (κ3) is 4.09. The molecule has 90 valence electrons. The normalized spacial score (nSPS) is 25.8. The molecule has 1 saturated carbocycles. The van der Waals surface area contributed by atoms with Gasteiger partial charge in [-0.15, -0.1) is 0 Å². The van der Waals surface area contributed by atoms with Crippen LogP contribution in [0.2, 0.25) is 0 Å². The first-order chi connectivity index (χ1) is 7.17. The van der Waals surface area contributed by atoms with Crippen molar-refractivity contribution in [2.75, 3.05) is 27.4 Å². The first-order valence-electron chi connectivity index (χ1n) is 5.58. The van der Waals surface area contributed by atoms with Crippen LogP contribution in [0.1, 0.15) is 26.2 Å². The van der Waals surface area contributed by atoms with E-state index in [9.17, 15) is 0 Å². The van der Waals surface area contributed by atoms with Gasteiger partial charge in [0.1, 0.15) is 0 Å². The Labute approximate surface area is 119 Å². The summed E-state index contributed by atoms with van der Waals surface area (Å²) in [5.41, 5.74) is 1.49. The number of rotatable bonds is 5. The molecule has 0 aromatic heterocycles. The second kappa shape index (κ2) is 7.79. The van der Waals surface area contributed by atoms with E-state index in [1.165, 1.54) is 5.57 Å². The van der Waals surface area contributed by atoms with Crippen molar-refractivity contribution in [2.45, 2.75) is 26.2 Å². The molecule has 2 nitrogen and oxygen atoms in total. The van der Waals surface area contributed by atoms with Crippen LogP contribution >= 0.6 is 0 Å². The molecule has 16 heavy (non-hydrogen) atoms. The van der Waals surface area contributed by atoms with Gasteiger partial charge in [-0.3, -0.25) is 5.57 Å². The van der Waals surface area contributed by atoms with Crippen molar-refractivity contribution in [3.8, 4) is 0 Å². The van der Waals surface area contributed by atoms with Gasteiger partial charge < -0.3 is 22.5 Å². The van der Waals surface area contributed by atoms with E-state index in [0.29, 0.717) is 5.92 Å². The Morgan fingerprint density at radius 3 is 2.38 bits per heavy atom. The van der Waals surface area contributed by atoms with Gasteiger partial charge in [0.2, 0.25) is 0 Å². The zero-order valence-electron chi connectivity index (χ0n) is 10.6. The molecular weight excluding hydrogens is 279 g/mol. The molecule has 1 fully saturated rings. The molecule has 0 radical (unpaired) electrons. The number of ether oxygens (including phenoxy) is 2. The Bertz CT molecular complexity index is 220. The third-order valence-corrected chi connectivity index (χ3v) is 3.04. The number of allylic oxidation sites excluding steroid dienone is 2. The van der Waals surface area contributed by atoms with Crippen molar-refractivity contribution < 1.29 is 35.7 Å². The average molecular weight is 302 g/mol. The van der Waals surface area contributed by atoms with E-state index in [-0.39, 0.29) is 31.6 Å².